The predicted octanol–water partition coefficient (Wildman–Crippen LogP) is 3.41. The van der Waals surface area contributed by atoms with Crippen LogP contribution in [-0.2, 0) is 4.74 Å². The monoisotopic (exact) mass is 266 g/mol. The Hall–Kier alpha value is -2.62. The van der Waals surface area contributed by atoms with Crippen molar-refractivity contribution in [1.29, 1.82) is 0 Å². The maximum Gasteiger partial charge on any atom is 0.340 e. The van der Waals surface area contributed by atoms with Gasteiger partial charge in [-0.3, -0.25) is 4.98 Å². The molecule has 0 aliphatic heterocycles. The molecule has 0 unspecified atom stereocenters. The number of benzene rings is 1. The third-order valence-corrected chi connectivity index (χ3v) is 3.13. The van der Waals surface area contributed by atoms with Gasteiger partial charge in [0.25, 0.3) is 0 Å². The molecule has 0 aliphatic rings. The molecule has 2 aromatic heterocycles. The number of nitrogens with one attached hydrogen (secondary N) is 1. The van der Waals surface area contributed by atoms with Gasteiger partial charge in [0.2, 0.25) is 0 Å². The summed E-state index contributed by atoms with van der Waals surface area (Å²) in [4.78, 5) is 19.5. The van der Waals surface area contributed by atoms with Crippen LogP contribution in [0.3, 0.4) is 0 Å². The first-order valence-electron chi connectivity index (χ1n) is 6.49. The van der Waals surface area contributed by atoms with Gasteiger partial charge in [-0.1, -0.05) is 6.07 Å². The van der Waals surface area contributed by atoms with Crippen LogP contribution in [0.5, 0.6) is 0 Å². The van der Waals surface area contributed by atoms with E-state index in [-0.39, 0.29) is 5.97 Å². The lowest BCUT2D eigenvalue weighted by molar-refractivity contribution is 0.0527. The number of hydrogen-bond acceptors (Lipinski definition) is 3. The van der Waals surface area contributed by atoms with Gasteiger partial charge in [-0.05, 0) is 37.3 Å². The summed E-state index contributed by atoms with van der Waals surface area (Å²) < 4.78 is 5.08. The molecule has 3 rings (SSSR count). The van der Waals surface area contributed by atoms with E-state index in [9.17, 15) is 4.79 Å². The zero-order valence-corrected chi connectivity index (χ0v) is 11.1. The molecule has 0 fully saturated rings. The summed E-state index contributed by atoms with van der Waals surface area (Å²) in [5.41, 5.74) is 3.10. The first-order valence-corrected chi connectivity index (χ1v) is 6.49. The number of aromatic amines is 1. The van der Waals surface area contributed by atoms with Crippen LogP contribution in [0.25, 0.3) is 22.2 Å². The number of ether oxygens (including phenoxy) is 1. The van der Waals surface area contributed by atoms with Crippen LogP contribution < -0.4 is 0 Å². The Morgan fingerprint density at radius 2 is 2.20 bits per heavy atom. The second-order valence-corrected chi connectivity index (χ2v) is 4.40. The lowest BCUT2D eigenvalue weighted by Gasteiger charge is -2.08. The van der Waals surface area contributed by atoms with E-state index in [0.29, 0.717) is 17.9 Å². The fourth-order valence-electron chi connectivity index (χ4n) is 2.21. The van der Waals surface area contributed by atoms with E-state index in [0.717, 1.165) is 16.5 Å². The number of aromatic nitrogens is 2. The number of pyridine rings is 1. The predicted molar refractivity (Wildman–Crippen MR) is 77.5 cm³/mol. The molecule has 4 heteroatoms. The molecule has 0 saturated carbocycles. The molecule has 0 amide bonds. The van der Waals surface area contributed by atoms with Crippen LogP contribution in [-0.4, -0.2) is 22.5 Å². The minimum Gasteiger partial charge on any atom is -0.462 e. The summed E-state index contributed by atoms with van der Waals surface area (Å²) in [6.45, 7) is 2.14. The molecule has 0 aliphatic carbocycles. The minimum absolute atomic E-state index is 0.343. The Kier molecular flexibility index (Phi) is 3.21. The molecule has 2 heterocycles. The minimum atomic E-state index is -0.343. The number of carbonyl (C=O) groups is 1. The molecule has 1 N–H and O–H groups in total. The molecule has 1 aromatic carbocycles. The molecule has 4 nitrogen and oxygen atoms in total. The zero-order chi connectivity index (χ0) is 13.9. The highest BCUT2D eigenvalue weighted by Gasteiger charge is 2.14. The van der Waals surface area contributed by atoms with Crippen molar-refractivity contribution in [2.24, 2.45) is 0 Å². The van der Waals surface area contributed by atoms with Crippen LogP contribution in [0.2, 0.25) is 0 Å². The summed E-state index contributed by atoms with van der Waals surface area (Å²) >= 11 is 0. The number of nitrogens with zero attached hydrogens (tertiary/aromatic N) is 1. The maximum atomic E-state index is 12.0. The highest BCUT2D eigenvalue weighted by molar-refractivity contribution is 5.97. The Morgan fingerprint density at radius 1 is 1.30 bits per heavy atom. The lowest BCUT2D eigenvalue weighted by Crippen LogP contribution is -2.07. The van der Waals surface area contributed by atoms with Crippen molar-refractivity contribution in [1.82, 2.24) is 9.97 Å². The summed E-state index contributed by atoms with van der Waals surface area (Å²) in [6.07, 6.45) is 3.57. The highest BCUT2D eigenvalue weighted by Crippen LogP contribution is 2.25. The Labute approximate surface area is 116 Å². The van der Waals surface area contributed by atoms with Crippen molar-refractivity contribution in [3.05, 3.63) is 54.4 Å². The van der Waals surface area contributed by atoms with Gasteiger partial charge in [0.05, 0.1) is 17.9 Å². The van der Waals surface area contributed by atoms with Crippen molar-refractivity contribution >= 4 is 16.9 Å². The quantitative estimate of drug-likeness (QED) is 0.739. The third kappa shape index (κ3) is 2.16. The number of H-pyrrole nitrogens is 1. The van der Waals surface area contributed by atoms with Crippen LogP contribution in [0.1, 0.15) is 17.3 Å². The zero-order valence-electron chi connectivity index (χ0n) is 11.1. The largest absolute Gasteiger partial charge is 0.462 e. The van der Waals surface area contributed by atoms with Crippen LogP contribution in [0.15, 0.2) is 48.8 Å². The van der Waals surface area contributed by atoms with Gasteiger partial charge >= 0.3 is 5.97 Å². The molecule has 0 saturated heterocycles. The van der Waals surface area contributed by atoms with Crippen LogP contribution in [0.4, 0.5) is 0 Å². The second kappa shape index (κ2) is 5.17. The number of fused-ring (bicyclic) bond motifs is 1. The maximum absolute atomic E-state index is 12.0. The summed E-state index contributed by atoms with van der Waals surface area (Å²) in [5, 5.41) is 1.09. The Bertz CT molecular complexity index is 762. The molecular formula is C16H14N2O2. The van der Waals surface area contributed by atoms with Gasteiger partial charge in [-0.2, -0.15) is 0 Å². The SMILES string of the molecule is CCOC(=O)c1cccnc1-c1ccc2[nH]ccc2c1. The third-order valence-electron chi connectivity index (χ3n) is 3.13. The molecule has 3 aromatic rings. The van der Waals surface area contributed by atoms with Crippen LogP contribution in [0, 0.1) is 0 Å². The van der Waals surface area contributed by atoms with Gasteiger partial charge in [-0.25, -0.2) is 4.79 Å². The molecule has 20 heavy (non-hydrogen) atoms. The summed E-state index contributed by atoms with van der Waals surface area (Å²) in [7, 11) is 0. The first kappa shape index (κ1) is 12.4. The van der Waals surface area contributed by atoms with Gasteiger partial charge in [0.15, 0.2) is 0 Å². The summed E-state index contributed by atoms with van der Waals surface area (Å²) in [6, 6.07) is 11.4. The fourth-order valence-corrected chi connectivity index (χ4v) is 2.21. The number of esters is 1. The number of hydrogen-bond donors (Lipinski definition) is 1. The smallest absolute Gasteiger partial charge is 0.340 e. The van der Waals surface area contributed by atoms with Gasteiger partial charge in [0, 0.05) is 28.9 Å². The molecule has 100 valence electrons. The van der Waals surface area contributed by atoms with Crippen molar-refractivity contribution in [3.8, 4) is 11.3 Å². The Morgan fingerprint density at radius 3 is 3.05 bits per heavy atom. The van der Waals surface area contributed by atoms with Crippen molar-refractivity contribution in [2.45, 2.75) is 6.92 Å². The van der Waals surface area contributed by atoms with Gasteiger partial charge in [0.1, 0.15) is 0 Å². The van der Waals surface area contributed by atoms with Crippen molar-refractivity contribution < 1.29 is 9.53 Å². The van der Waals surface area contributed by atoms with Crippen LogP contribution >= 0.6 is 0 Å². The van der Waals surface area contributed by atoms with E-state index < -0.39 is 0 Å². The first-order chi connectivity index (χ1) is 9.79. The highest BCUT2D eigenvalue weighted by atomic mass is 16.5. The topological polar surface area (TPSA) is 55.0 Å². The van der Waals surface area contributed by atoms with E-state index in [1.54, 1.807) is 25.3 Å². The van der Waals surface area contributed by atoms with Crippen molar-refractivity contribution in [3.63, 3.8) is 0 Å². The normalized spacial score (nSPS) is 10.7. The molecule has 0 atom stereocenters. The average Bonchev–Trinajstić information content (AvgIpc) is 2.95. The van der Waals surface area contributed by atoms with E-state index in [4.69, 9.17) is 4.74 Å². The Balaban J connectivity index is 2.11. The average molecular weight is 266 g/mol. The fraction of sp³-hybridized carbons (Fsp3) is 0.125. The molecule has 0 spiro atoms. The lowest BCUT2D eigenvalue weighted by atomic mass is 10.0. The molecule has 0 bridgehead atoms. The molecule has 0 radical (unpaired) electrons. The summed E-state index contributed by atoms with van der Waals surface area (Å²) in [5.74, 6) is -0.343. The number of rotatable bonds is 3. The van der Waals surface area contributed by atoms with E-state index in [2.05, 4.69) is 9.97 Å². The number of carbonyl (C=O) groups excluding carboxylic acids is 1. The van der Waals surface area contributed by atoms with Gasteiger partial charge in [-0.15, -0.1) is 0 Å². The van der Waals surface area contributed by atoms with E-state index >= 15 is 0 Å². The van der Waals surface area contributed by atoms with Gasteiger partial charge < -0.3 is 9.72 Å². The van der Waals surface area contributed by atoms with Crippen molar-refractivity contribution in [2.75, 3.05) is 6.61 Å². The second-order valence-electron chi connectivity index (χ2n) is 4.40. The van der Waals surface area contributed by atoms with E-state index in [1.165, 1.54) is 0 Å². The van der Waals surface area contributed by atoms with E-state index in [1.807, 2.05) is 30.5 Å². The molecular weight excluding hydrogens is 252 g/mol. The standard InChI is InChI=1S/C16H14N2O2/c1-2-20-16(19)13-4-3-8-18-15(13)12-5-6-14-11(10-12)7-9-17-14/h3-10,17H,2H2,1H3.